The number of hydrogen-bond donors (Lipinski definition) is 2. The molecule has 1 aliphatic carbocycles. The Balaban J connectivity index is 2.19. The Kier molecular flexibility index (Phi) is 5.59. The Morgan fingerprint density at radius 1 is 1.39 bits per heavy atom. The second-order valence-electron chi connectivity index (χ2n) is 5.56. The maximum absolute atomic E-state index is 11.6. The first-order valence-corrected chi connectivity index (χ1v) is 8.35. The highest BCUT2D eigenvalue weighted by atomic mass is 32.2. The van der Waals surface area contributed by atoms with E-state index in [-0.39, 0.29) is 35.8 Å². The third-order valence-corrected chi connectivity index (χ3v) is 4.99. The summed E-state index contributed by atoms with van der Waals surface area (Å²) in [6.07, 6.45) is 2.31. The summed E-state index contributed by atoms with van der Waals surface area (Å²) < 4.78 is 23.2. The Morgan fingerprint density at radius 3 is 2.50 bits per heavy atom. The van der Waals surface area contributed by atoms with Gasteiger partial charge in [0.15, 0.2) is 9.84 Å². The first-order chi connectivity index (χ1) is 8.30. The molecule has 106 valence electrons. The van der Waals surface area contributed by atoms with E-state index in [0.717, 1.165) is 12.8 Å². The average Bonchev–Trinajstić information content (AvgIpc) is 3.05. The second kappa shape index (κ2) is 6.52. The SMILES string of the molecule is CC(C)CS(=O)(=O)CCC(=O)NCC(N)C1CC1. The molecular weight excluding hydrogens is 252 g/mol. The molecule has 0 radical (unpaired) electrons. The Bertz CT molecular complexity index is 375. The maximum atomic E-state index is 11.6. The number of nitrogens with two attached hydrogens (primary N) is 1. The van der Waals surface area contributed by atoms with Crippen LogP contribution in [0.1, 0.15) is 33.1 Å². The molecule has 1 aliphatic rings. The van der Waals surface area contributed by atoms with Crippen molar-refractivity contribution in [2.75, 3.05) is 18.1 Å². The summed E-state index contributed by atoms with van der Waals surface area (Å²) in [6.45, 7) is 4.16. The molecule has 1 saturated carbocycles. The molecule has 1 unspecified atom stereocenters. The Hall–Kier alpha value is -0.620. The van der Waals surface area contributed by atoms with Gasteiger partial charge in [0.05, 0.1) is 11.5 Å². The van der Waals surface area contributed by atoms with E-state index in [2.05, 4.69) is 5.32 Å². The number of carbonyl (C=O) groups excluding carboxylic acids is 1. The minimum atomic E-state index is -3.11. The van der Waals surface area contributed by atoms with Crippen molar-refractivity contribution >= 4 is 15.7 Å². The fourth-order valence-corrected chi connectivity index (χ4v) is 3.53. The molecule has 0 aromatic heterocycles. The van der Waals surface area contributed by atoms with Crippen molar-refractivity contribution in [2.24, 2.45) is 17.6 Å². The number of sulfone groups is 1. The highest BCUT2D eigenvalue weighted by Crippen LogP contribution is 2.31. The summed E-state index contributed by atoms with van der Waals surface area (Å²) in [7, 11) is -3.11. The summed E-state index contributed by atoms with van der Waals surface area (Å²) in [4.78, 5) is 11.5. The van der Waals surface area contributed by atoms with Crippen LogP contribution in [0.5, 0.6) is 0 Å². The first kappa shape index (κ1) is 15.4. The van der Waals surface area contributed by atoms with Gasteiger partial charge in [0.2, 0.25) is 5.91 Å². The fraction of sp³-hybridized carbons (Fsp3) is 0.917. The molecule has 0 aromatic carbocycles. The molecule has 6 heteroatoms. The van der Waals surface area contributed by atoms with Crippen LogP contribution < -0.4 is 11.1 Å². The third-order valence-electron chi connectivity index (χ3n) is 2.99. The van der Waals surface area contributed by atoms with Crippen LogP contribution in [0.3, 0.4) is 0 Å². The van der Waals surface area contributed by atoms with Gasteiger partial charge in [0, 0.05) is 19.0 Å². The van der Waals surface area contributed by atoms with E-state index in [1.807, 2.05) is 13.8 Å². The molecule has 0 aromatic rings. The molecule has 0 spiro atoms. The largest absolute Gasteiger partial charge is 0.355 e. The fourth-order valence-electron chi connectivity index (χ4n) is 1.85. The van der Waals surface area contributed by atoms with Crippen LogP contribution in [0.15, 0.2) is 0 Å². The maximum Gasteiger partial charge on any atom is 0.221 e. The van der Waals surface area contributed by atoms with E-state index in [9.17, 15) is 13.2 Å². The molecule has 1 rings (SSSR count). The van der Waals surface area contributed by atoms with Crippen molar-refractivity contribution in [1.82, 2.24) is 5.32 Å². The van der Waals surface area contributed by atoms with Crippen LogP contribution in [-0.2, 0) is 14.6 Å². The van der Waals surface area contributed by atoms with E-state index < -0.39 is 9.84 Å². The van der Waals surface area contributed by atoms with E-state index in [1.165, 1.54) is 0 Å². The molecule has 5 nitrogen and oxygen atoms in total. The van der Waals surface area contributed by atoms with Gasteiger partial charge in [-0.05, 0) is 24.7 Å². The second-order valence-corrected chi connectivity index (χ2v) is 7.79. The van der Waals surface area contributed by atoms with Crippen molar-refractivity contribution in [3.8, 4) is 0 Å². The minimum Gasteiger partial charge on any atom is -0.355 e. The van der Waals surface area contributed by atoms with E-state index >= 15 is 0 Å². The van der Waals surface area contributed by atoms with Gasteiger partial charge in [-0.1, -0.05) is 13.8 Å². The number of rotatable bonds is 8. The monoisotopic (exact) mass is 276 g/mol. The van der Waals surface area contributed by atoms with Gasteiger partial charge >= 0.3 is 0 Å². The van der Waals surface area contributed by atoms with Gasteiger partial charge in [-0.25, -0.2) is 8.42 Å². The molecule has 1 amide bonds. The molecule has 0 bridgehead atoms. The zero-order valence-electron chi connectivity index (χ0n) is 11.2. The van der Waals surface area contributed by atoms with Gasteiger partial charge in [0.25, 0.3) is 0 Å². The van der Waals surface area contributed by atoms with Crippen molar-refractivity contribution in [1.29, 1.82) is 0 Å². The normalized spacial score (nSPS) is 17.8. The van der Waals surface area contributed by atoms with Crippen LogP contribution >= 0.6 is 0 Å². The van der Waals surface area contributed by atoms with Crippen LogP contribution in [0.2, 0.25) is 0 Å². The van der Waals surface area contributed by atoms with Gasteiger partial charge in [0.1, 0.15) is 0 Å². The van der Waals surface area contributed by atoms with Crippen molar-refractivity contribution < 1.29 is 13.2 Å². The lowest BCUT2D eigenvalue weighted by atomic mass is 10.2. The lowest BCUT2D eigenvalue weighted by Crippen LogP contribution is -2.39. The predicted octanol–water partition coefficient (Wildman–Crippen LogP) is 0.301. The summed E-state index contributed by atoms with van der Waals surface area (Å²) in [5.74, 6) is 0.479. The highest BCUT2D eigenvalue weighted by molar-refractivity contribution is 7.91. The molecule has 3 N–H and O–H groups in total. The van der Waals surface area contributed by atoms with E-state index in [1.54, 1.807) is 0 Å². The molecule has 1 atom stereocenters. The zero-order chi connectivity index (χ0) is 13.8. The highest BCUT2D eigenvalue weighted by Gasteiger charge is 2.28. The molecule has 0 aliphatic heterocycles. The zero-order valence-corrected chi connectivity index (χ0v) is 12.0. The van der Waals surface area contributed by atoms with Gasteiger partial charge in [-0.2, -0.15) is 0 Å². The summed E-state index contributed by atoms with van der Waals surface area (Å²) >= 11 is 0. The number of hydrogen-bond acceptors (Lipinski definition) is 4. The first-order valence-electron chi connectivity index (χ1n) is 6.53. The predicted molar refractivity (Wildman–Crippen MR) is 71.8 cm³/mol. The van der Waals surface area contributed by atoms with Crippen LogP contribution in [0, 0.1) is 11.8 Å². The topological polar surface area (TPSA) is 89.3 Å². The smallest absolute Gasteiger partial charge is 0.221 e. The number of carbonyl (C=O) groups is 1. The van der Waals surface area contributed by atoms with Crippen molar-refractivity contribution in [3.05, 3.63) is 0 Å². The van der Waals surface area contributed by atoms with Crippen LogP contribution in [0.25, 0.3) is 0 Å². The Morgan fingerprint density at radius 2 is 2.00 bits per heavy atom. The minimum absolute atomic E-state index is 0.0150. The lowest BCUT2D eigenvalue weighted by molar-refractivity contribution is -0.120. The van der Waals surface area contributed by atoms with Crippen LogP contribution in [0.4, 0.5) is 0 Å². The van der Waals surface area contributed by atoms with Crippen LogP contribution in [-0.4, -0.2) is 38.4 Å². The summed E-state index contributed by atoms with van der Waals surface area (Å²) in [5, 5.41) is 2.70. The lowest BCUT2D eigenvalue weighted by Gasteiger charge is -2.12. The quantitative estimate of drug-likeness (QED) is 0.667. The number of nitrogens with one attached hydrogen (secondary N) is 1. The number of amides is 1. The van der Waals surface area contributed by atoms with E-state index in [4.69, 9.17) is 5.73 Å². The molecule has 18 heavy (non-hydrogen) atoms. The Labute approximate surface area is 109 Å². The third kappa shape index (κ3) is 6.35. The molecular formula is C12H24N2O3S. The van der Waals surface area contributed by atoms with Gasteiger partial charge in [-0.3, -0.25) is 4.79 Å². The molecule has 0 saturated heterocycles. The van der Waals surface area contributed by atoms with Crippen molar-refractivity contribution in [3.63, 3.8) is 0 Å². The molecule has 0 heterocycles. The standard InChI is InChI=1S/C12H24N2O3S/c1-9(2)8-18(16,17)6-5-12(15)14-7-11(13)10-3-4-10/h9-11H,3-8,13H2,1-2H3,(H,14,15). The van der Waals surface area contributed by atoms with Gasteiger partial charge < -0.3 is 11.1 Å². The summed E-state index contributed by atoms with van der Waals surface area (Å²) in [5.41, 5.74) is 5.84. The van der Waals surface area contributed by atoms with E-state index in [0.29, 0.717) is 12.5 Å². The van der Waals surface area contributed by atoms with Crippen molar-refractivity contribution in [2.45, 2.75) is 39.2 Å². The van der Waals surface area contributed by atoms with Gasteiger partial charge in [-0.15, -0.1) is 0 Å². The molecule has 1 fully saturated rings. The average molecular weight is 276 g/mol. The summed E-state index contributed by atoms with van der Waals surface area (Å²) in [6, 6.07) is 0.0150.